The van der Waals surface area contributed by atoms with Gasteiger partial charge in [0.15, 0.2) is 17.5 Å². The molecule has 2 aromatic heterocycles. The third kappa shape index (κ3) is 4.31. The molecule has 0 radical (unpaired) electrons. The van der Waals surface area contributed by atoms with E-state index in [0.29, 0.717) is 5.82 Å². The van der Waals surface area contributed by atoms with Gasteiger partial charge in [-0.1, -0.05) is 6.08 Å². The monoisotopic (exact) mass is 296 g/mol. The van der Waals surface area contributed by atoms with Crippen LogP contribution in [0.25, 0.3) is 5.57 Å². The Labute approximate surface area is 119 Å². The average molecular weight is 297 g/mol. The molecular formula is C13H11ClF2N4. The van der Waals surface area contributed by atoms with Gasteiger partial charge in [0.2, 0.25) is 5.28 Å². The zero-order chi connectivity index (χ0) is 14.4. The van der Waals surface area contributed by atoms with Crippen LogP contribution in [-0.2, 0) is 0 Å². The van der Waals surface area contributed by atoms with Gasteiger partial charge in [-0.2, -0.15) is 0 Å². The highest BCUT2D eigenvalue weighted by atomic mass is 35.5. The molecule has 1 aliphatic carbocycles. The lowest BCUT2D eigenvalue weighted by Crippen LogP contribution is -1.92. The molecule has 0 aliphatic heterocycles. The fraction of sp³-hybridized carbons (Fsp3) is 0.231. The minimum absolute atomic E-state index is 0.0615. The summed E-state index contributed by atoms with van der Waals surface area (Å²) in [4.78, 5) is 14.5. The summed E-state index contributed by atoms with van der Waals surface area (Å²) >= 11 is 5.22. The first kappa shape index (κ1) is 14.5. The fourth-order valence-electron chi connectivity index (χ4n) is 1.65. The number of allylic oxidation sites excluding steroid dienone is 2. The summed E-state index contributed by atoms with van der Waals surface area (Å²) in [5, 5.41) is 0.0615. The van der Waals surface area contributed by atoms with Crippen LogP contribution < -0.4 is 0 Å². The highest BCUT2D eigenvalue weighted by molar-refractivity contribution is 6.28. The van der Waals surface area contributed by atoms with Gasteiger partial charge in [0.05, 0.1) is 24.8 Å². The lowest BCUT2D eigenvalue weighted by molar-refractivity contribution is 0.612. The normalized spacial score (nSPS) is 13.4. The summed E-state index contributed by atoms with van der Waals surface area (Å²) in [6.45, 7) is 0. The fourth-order valence-corrected chi connectivity index (χ4v) is 1.75. The molecule has 0 spiro atoms. The van der Waals surface area contributed by atoms with Crippen molar-refractivity contribution in [2.75, 3.05) is 0 Å². The number of rotatable bonds is 1. The Balaban J connectivity index is 0.000000160. The standard InChI is InChI=1S/C9H9FN2.C4H2ClFN2/c10-8-5-11-9(12-6-8)7-3-1-2-4-7;5-4-7-1-3(6)2-8-4/h3,5-6H,1-2,4H2;1-2H. The van der Waals surface area contributed by atoms with Crippen LogP contribution in [0.2, 0.25) is 5.28 Å². The Morgan fingerprint density at radius 1 is 0.900 bits per heavy atom. The maximum atomic E-state index is 12.4. The van der Waals surface area contributed by atoms with E-state index in [9.17, 15) is 8.78 Å². The van der Waals surface area contributed by atoms with Crippen LogP contribution in [0, 0.1) is 11.6 Å². The molecule has 0 aromatic carbocycles. The van der Waals surface area contributed by atoms with Crippen LogP contribution in [0.4, 0.5) is 8.78 Å². The Morgan fingerprint density at radius 3 is 1.90 bits per heavy atom. The van der Waals surface area contributed by atoms with Crippen molar-refractivity contribution in [2.24, 2.45) is 0 Å². The molecule has 0 unspecified atom stereocenters. The van der Waals surface area contributed by atoms with E-state index < -0.39 is 5.82 Å². The van der Waals surface area contributed by atoms with E-state index in [2.05, 4.69) is 26.0 Å². The van der Waals surface area contributed by atoms with Gasteiger partial charge in [0.25, 0.3) is 0 Å². The molecule has 7 heteroatoms. The van der Waals surface area contributed by atoms with Crippen LogP contribution in [0.15, 0.2) is 30.9 Å². The van der Waals surface area contributed by atoms with Crippen molar-refractivity contribution < 1.29 is 8.78 Å². The molecule has 0 amide bonds. The maximum Gasteiger partial charge on any atom is 0.222 e. The number of halogens is 3. The SMILES string of the molecule is Fc1cnc(C2=CCCC2)nc1.Fc1cnc(Cl)nc1. The van der Waals surface area contributed by atoms with Crippen molar-refractivity contribution in [3.63, 3.8) is 0 Å². The van der Waals surface area contributed by atoms with Crippen LogP contribution in [0.3, 0.4) is 0 Å². The molecular weight excluding hydrogens is 286 g/mol. The molecule has 0 saturated carbocycles. The van der Waals surface area contributed by atoms with Gasteiger partial charge >= 0.3 is 0 Å². The molecule has 4 nitrogen and oxygen atoms in total. The molecule has 0 bridgehead atoms. The molecule has 3 rings (SSSR count). The largest absolute Gasteiger partial charge is 0.234 e. The topological polar surface area (TPSA) is 51.6 Å². The second-order valence-electron chi connectivity index (χ2n) is 4.02. The molecule has 104 valence electrons. The van der Waals surface area contributed by atoms with Gasteiger partial charge in [-0.05, 0) is 36.4 Å². The van der Waals surface area contributed by atoms with Gasteiger partial charge in [-0.25, -0.2) is 28.7 Å². The summed E-state index contributed by atoms with van der Waals surface area (Å²) in [5.41, 5.74) is 1.15. The van der Waals surface area contributed by atoms with Crippen molar-refractivity contribution >= 4 is 17.2 Å². The summed E-state index contributed by atoms with van der Waals surface area (Å²) < 4.78 is 24.3. The van der Waals surface area contributed by atoms with Crippen molar-refractivity contribution in [3.8, 4) is 0 Å². The number of nitrogens with zero attached hydrogens (tertiary/aromatic N) is 4. The van der Waals surface area contributed by atoms with Crippen molar-refractivity contribution in [1.82, 2.24) is 19.9 Å². The van der Waals surface area contributed by atoms with E-state index in [1.165, 1.54) is 12.4 Å². The summed E-state index contributed by atoms with van der Waals surface area (Å²) in [6, 6.07) is 0. The number of hydrogen-bond donors (Lipinski definition) is 0. The smallest absolute Gasteiger partial charge is 0.222 e. The third-order valence-electron chi connectivity index (χ3n) is 2.54. The predicted molar refractivity (Wildman–Crippen MR) is 70.8 cm³/mol. The van der Waals surface area contributed by atoms with Gasteiger partial charge in [-0.15, -0.1) is 0 Å². The molecule has 2 aromatic rings. The van der Waals surface area contributed by atoms with E-state index >= 15 is 0 Å². The highest BCUT2D eigenvalue weighted by Gasteiger charge is 2.08. The summed E-state index contributed by atoms with van der Waals surface area (Å²) in [5.74, 6) is -0.180. The molecule has 1 aliphatic rings. The Kier molecular flexibility index (Phi) is 5.06. The van der Waals surface area contributed by atoms with E-state index in [-0.39, 0.29) is 11.1 Å². The average Bonchev–Trinajstić information content (AvgIpc) is 2.98. The lowest BCUT2D eigenvalue weighted by Gasteiger charge is -1.97. The van der Waals surface area contributed by atoms with Crippen LogP contribution in [0.5, 0.6) is 0 Å². The predicted octanol–water partition coefficient (Wildman–Crippen LogP) is 3.45. The molecule has 0 N–H and O–H groups in total. The first-order valence-corrected chi connectivity index (χ1v) is 6.33. The Morgan fingerprint density at radius 2 is 1.45 bits per heavy atom. The molecule has 20 heavy (non-hydrogen) atoms. The zero-order valence-corrected chi connectivity index (χ0v) is 11.2. The molecule has 2 heterocycles. The van der Waals surface area contributed by atoms with Crippen LogP contribution in [-0.4, -0.2) is 19.9 Å². The van der Waals surface area contributed by atoms with Crippen LogP contribution in [0.1, 0.15) is 25.1 Å². The number of hydrogen-bond acceptors (Lipinski definition) is 4. The van der Waals surface area contributed by atoms with Crippen molar-refractivity contribution in [2.45, 2.75) is 19.3 Å². The highest BCUT2D eigenvalue weighted by Crippen LogP contribution is 2.24. The zero-order valence-electron chi connectivity index (χ0n) is 10.4. The van der Waals surface area contributed by atoms with E-state index in [0.717, 1.165) is 37.2 Å². The van der Waals surface area contributed by atoms with Crippen molar-refractivity contribution in [3.05, 3.63) is 53.6 Å². The second-order valence-corrected chi connectivity index (χ2v) is 4.35. The van der Waals surface area contributed by atoms with Gasteiger partial charge in [0, 0.05) is 0 Å². The second kappa shape index (κ2) is 7.00. The Hall–Kier alpha value is -1.95. The minimum Gasteiger partial charge on any atom is -0.234 e. The Bertz CT molecular complexity index is 563. The first-order chi connectivity index (χ1) is 9.65. The van der Waals surface area contributed by atoms with E-state index in [1.54, 1.807) is 0 Å². The molecule has 0 atom stereocenters. The summed E-state index contributed by atoms with van der Waals surface area (Å²) in [7, 11) is 0. The minimum atomic E-state index is -0.477. The lowest BCUT2D eigenvalue weighted by atomic mass is 10.2. The quantitative estimate of drug-likeness (QED) is 0.756. The van der Waals surface area contributed by atoms with E-state index in [4.69, 9.17) is 11.6 Å². The third-order valence-corrected chi connectivity index (χ3v) is 2.73. The molecule has 0 saturated heterocycles. The first-order valence-electron chi connectivity index (χ1n) is 5.95. The van der Waals surface area contributed by atoms with Crippen molar-refractivity contribution in [1.29, 1.82) is 0 Å². The van der Waals surface area contributed by atoms with E-state index in [1.807, 2.05) is 0 Å². The number of aromatic nitrogens is 4. The van der Waals surface area contributed by atoms with Crippen LogP contribution >= 0.6 is 11.6 Å². The van der Waals surface area contributed by atoms with Gasteiger partial charge in [0.1, 0.15) is 0 Å². The van der Waals surface area contributed by atoms with Gasteiger partial charge < -0.3 is 0 Å². The maximum absolute atomic E-state index is 12.4. The summed E-state index contributed by atoms with van der Waals surface area (Å²) in [6.07, 6.45) is 9.83. The van der Waals surface area contributed by atoms with Gasteiger partial charge in [-0.3, -0.25) is 0 Å². The molecule has 0 fully saturated rings.